The summed E-state index contributed by atoms with van der Waals surface area (Å²) < 4.78 is 24.6. The van der Waals surface area contributed by atoms with E-state index in [1.54, 1.807) is 41.5 Å². The van der Waals surface area contributed by atoms with Gasteiger partial charge in [0.2, 0.25) is 5.91 Å². The van der Waals surface area contributed by atoms with Crippen LogP contribution in [0.1, 0.15) is 5.56 Å². The largest absolute Gasteiger partial charge is 0.323 e. The van der Waals surface area contributed by atoms with Gasteiger partial charge in [-0.1, -0.05) is 0 Å². The fraction of sp³-hybridized carbons (Fsp3) is 0.105. The number of aromatic nitrogens is 3. The van der Waals surface area contributed by atoms with Crippen LogP contribution in [0.2, 0.25) is 0 Å². The Kier molecular flexibility index (Phi) is 5.18. The zero-order valence-electron chi connectivity index (χ0n) is 14.8. The van der Waals surface area contributed by atoms with E-state index in [0.717, 1.165) is 22.9 Å². The van der Waals surface area contributed by atoms with Gasteiger partial charge in [0.05, 0.1) is 11.1 Å². The van der Waals surface area contributed by atoms with Crippen LogP contribution in [0.4, 0.5) is 5.69 Å². The number of sulfone groups is 1. The van der Waals surface area contributed by atoms with Crippen LogP contribution in [0, 0.1) is 0 Å². The summed E-state index contributed by atoms with van der Waals surface area (Å²) in [5.74, 6) is -0.330. The summed E-state index contributed by atoms with van der Waals surface area (Å²) in [5.41, 5.74) is 3.14. The number of nitrogens with zero attached hydrogens (tertiary/aromatic N) is 3. The fourth-order valence-electron chi connectivity index (χ4n) is 2.50. The van der Waals surface area contributed by atoms with Gasteiger partial charge in [-0.15, -0.1) is 0 Å². The SMILES string of the molecule is Cn1cc(-c2ccncc2C=CC(=O)Nc2ccc(S(C)(=O)=O)cc2)cn1. The Balaban J connectivity index is 1.74. The molecule has 0 radical (unpaired) electrons. The van der Waals surface area contributed by atoms with E-state index < -0.39 is 9.84 Å². The molecule has 0 aliphatic carbocycles. The topological polar surface area (TPSA) is 94.0 Å². The minimum Gasteiger partial charge on any atom is -0.323 e. The van der Waals surface area contributed by atoms with Gasteiger partial charge in [0.15, 0.2) is 9.84 Å². The monoisotopic (exact) mass is 382 g/mol. The van der Waals surface area contributed by atoms with E-state index in [1.165, 1.54) is 18.2 Å². The first-order valence-corrected chi connectivity index (χ1v) is 9.94. The average Bonchev–Trinajstić information content (AvgIpc) is 3.06. The molecular weight excluding hydrogens is 364 g/mol. The molecule has 3 aromatic rings. The first-order chi connectivity index (χ1) is 12.8. The van der Waals surface area contributed by atoms with Gasteiger partial charge < -0.3 is 5.32 Å². The summed E-state index contributed by atoms with van der Waals surface area (Å²) in [6.07, 6.45) is 11.2. The van der Waals surface area contributed by atoms with Crippen LogP contribution >= 0.6 is 0 Å². The van der Waals surface area contributed by atoms with E-state index in [-0.39, 0.29) is 10.8 Å². The van der Waals surface area contributed by atoms with E-state index in [2.05, 4.69) is 15.4 Å². The molecule has 8 heteroatoms. The molecule has 0 spiro atoms. The minimum atomic E-state index is -3.26. The molecule has 27 heavy (non-hydrogen) atoms. The van der Waals surface area contributed by atoms with Crippen molar-refractivity contribution in [3.05, 3.63) is 66.8 Å². The number of benzene rings is 1. The van der Waals surface area contributed by atoms with Crippen molar-refractivity contribution in [1.82, 2.24) is 14.8 Å². The zero-order valence-corrected chi connectivity index (χ0v) is 15.6. The second kappa shape index (κ2) is 7.55. The lowest BCUT2D eigenvalue weighted by molar-refractivity contribution is -0.111. The highest BCUT2D eigenvalue weighted by Crippen LogP contribution is 2.23. The van der Waals surface area contributed by atoms with Crippen LogP contribution in [0.15, 0.2) is 66.1 Å². The molecule has 0 saturated carbocycles. The Morgan fingerprint density at radius 2 is 1.89 bits per heavy atom. The van der Waals surface area contributed by atoms with Crippen molar-refractivity contribution < 1.29 is 13.2 Å². The molecule has 0 aliphatic rings. The summed E-state index contributed by atoms with van der Waals surface area (Å²) in [7, 11) is -1.43. The predicted molar refractivity (Wildman–Crippen MR) is 104 cm³/mol. The Labute approximate surface area is 157 Å². The number of carbonyl (C=O) groups is 1. The number of carbonyl (C=O) groups excluding carboxylic acids is 1. The highest BCUT2D eigenvalue weighted by molar-refractivity contribution is 7.90. The van der Waals surface area contributed by atoms with Crippen LogP contribution in [-0.4, -0.2) is 35.3 Å². The maximum Gasteiger partial charge on any atom is 0.248 e. The van der Waals surface area contributed by atoms with Gasteiger partial charge in [-0.3, -0.25) is 14.5 Å². The van der Waals surface area contributed by atoms with Gasteiger partial charge in [0, 0.05) is 54.8 Å². The van der Waals surface area contributed by atoms with E-state index >= 15 is 0 Å². The van der Waals surface area contributed by atoms with Crippen molar-refractivity contribution in [1.29, 1.82) is 0 Å². The Morgan fingerprint density at radius 3 is 2.52 bits per heavy atom. The molecule has 0 atom stereocenters. The standard InChI is InChI=1S/C19H18N4O3S/c1-23-13-15(12-21-23)18-9-10-20-11-14(18)3-8-19(24)22-16-4-6-17(7-5-16)27(2,25)26/h3-13H,1-2H3,(H,22,24). The number of pyridine rings is 1. The number of aryl methyl sites for hydroxylation is 1. The van der Waals surface area contributed by atoms with Crippen molar-refractivity contribution in [3.8, 4) is 11.1 Å². The number of anilines is 1. The first-order valence-electron chi connectivity index (χ1n) is 8.05. The molecule has 0 unspecified atom stereocenters. The molecule has 0 aliphatic heterocycles. The van der Waals surface area contributed by atoms with E-state index in [1.807, 2.05) is 19.3 Å². The van der Waals surface area contributed by atoms with Crippen LogP contribution in [-0.2, 0) is 21.7 Å². The highest BCUT2D eigenvalue weighted by atomic mass is 32.2. The zero-order chi connectivity index (χ0) is 19.4. The third-order valence-electron chi connectivity index (χ3n) is 3.83. The second-order valence-electron chi connectivity index (χ2n) is 5.98. The summed E-state index contributed by atoms with van der Waals surface area (Å²) in [4.78, 5) is 16.5. The molecule has 2 heterocycles. The van der Waals surface area contributed by atoms with Crippen molar-refractivity contribution in [2.24, 2.45) is 7.05 Å². The fourth-order valence-corrected chi connectivity index (χ4v) is 3.13. The van der Waals surface area contributed by atoms with Crippen LogP contribution in [0.3, 0.4) is 0 Å². The molecule has 2 aromatic heterocycles. The smallest absolute Gasteiger partial charge is 0.248 e. The summed E-state index contributed by atoms with van der Waals surface area (Å²) in [5, 5.41) is 6.86. The van der Waals surface area contributed by atoms with Crippen LogP contribution in [0.25, 0.3) is 17.2 Å². The van der Waals surface area contributed by atoms with Crippen molar-refractivity contribution in [2.45, 2.75) is 4.90 Å². The molecule has 3 rings (SSSR count). The lowest BCUT2D eigenvalue weighted by atomic mass is 10.0. The Hall–Kier alpha value is -3.26. The molecule has 0 bridgehead atoms. The third-order valence-corrected chi connectivity index (χ3v) is 4.96. The van der Waals surface area contributed by atoms with Crippen LogP contribution < -0.4 is 5.32 Å². The number of hydrogen-bond acceptors (Lipinski definition) is 5. The van der Waals surface area contributed by atoms with Crippen molar-refractivity contribution in [2.75, 3.05) is 11.6 Å². The second-order valence-corrected chi connectivity index (χ2v) is 8.00. The third kappa shape index (κ3) is 4.68. The van der Waals surface area contributed by atoms with E-state index in [0.29, 0.717) is 5.69 Å². The molecule has 0 fully saturated rings. The molecule has 0 saturated heterocycles. The van der Waals surface area contributed by atoms with Crippen LogP contribution in [0.5, 0.6) is 0 Å². The maximum atomic E-state index is 12.2. The van der Waals surface area contributed by atoms with Gasteiger partial charge >= 0.3 is 0 Å². The van der Waals surface area contributed by atoms with E-state index in [9.17, 15) is 13.2 Å². The lowest BCUT2D eigenvalue weighted by Gasteiger charge is -2.04. The lowest BCUT2D eigenvalue weighted by Crippen LogP contribution is -2.08. The van der Waals surface area contributed by atoms with Gasteiger partial charge in [-0.2, -0.15) is 5.10 Å². The number of amides is 1. The highest BCUT2D eigenvalue weighted by Gasteiger charge is 2.08. The van der Waals surface area contributed by atoms with E-state index in [4.69, 9.17) is 0 Å². The first kappa shape index (κ1) is 18.5. The van der Waals surface area contributed by atoms with Gasteiger partial charge in [0.1, 0.15) is 0 Å². The average molecular weight is 382 g/mol. The van der Waals surface area contributed by atoms with Gasteiger partial charge in [-0.05, 0) is 42.0 Å². The number of hydrogen-bond donors (Lipinski definition) is 1. The molecule has 1 N–H and O–H groups in total. The minimum absolute atomic E-state index is 0.201. The van der Waals surface area contributed by atoms with Crippen molar-refractivity contribution in [3.63, 3.8) is 0 Å². The normalized spacial score (nSPS) is 11.6. The molecule has 7 nitrogen and oxygen atoms in total. The maximum absolute atomic E-state index is 12.2. The molecular formula is C19H18N4O3S. The summed E-state index contributed by atoms with van der Waals surface area (Å²) >= 11 is 0. The molecule has 1 amide bonds. The molecule has 1 aromatic carbocycles. The Morgan fingerprint density at radius 1 is 1.15 bits per heavy atom. The van der Waals surface area contributed by atoms with Crippen molar-refractivity contribution >= 4 is 27.5 Å². The summed E-state index contributed by atoms with van der Waals surface area (Å²) in [6, 6.07) is 7.87. The summed E-state index contributed by atoms with van der Waals surface area (Å²) in [6.45, 7) is 0. The Bertz CT molecular complexity index is 1100. The number of nitrogens with one attached hydrogen (secondary N) is 1. The van der Waals surface area contributed by atoms with Gasteiger partial charge in [-0.25, -0.2) is 8.42 Å². The number of rotatable bonds is 5. The predicted octanol–water partition coefficient (Wildman–Crippen LogP) is 2.54. The molecule has 138 valence electrons. The van der Waals surface area contributed by atoms with Gasteiger partial charge in [0.25, 0.3) is 0 Å². The quantitative estimate of drug-likeness (QED) is 0.685.